The van der Waals surface area contributed by atoms with E-state index in [2.05, 4.69) is 0 Å². The highest BCUT2D eigenvalue weighted by atomic mass is 19.1. The van der Waals surface area contributed by atoms with Crippen LogP contribution in [-0.2, 0) is 4.74 Å². The van der Waals surface area contributed by atoms with Crippen LogP contribution in [0.3, 0.4) is 0 Å². The summed E-state index contributed by atoms with van der Waals surface area (Å²) in [6.07, 6.45) is 0.141. The predicted octanol–water partition coefficient (Wildman–Crippen LogP) is 0.0391. The first-order chi connectivity index (χ1) is 5.83. The molecule has 3 nitrogen and oxygen atoms in total. The van der Waals surface area contributed by atoms with Gasteiger partial charge in [-0.05, 0) is 6.42 Å². The Morgan fingerprint density at radius 3 is 3.00 bits per heavy atom. The highest BCUT2D eigenvalue weighted by Crippen LogP contribution is 2.00. The van der Waals surface area contributed by atoms with Gasteiger partial charge >= 0.3 is 0 Å². The summed E-state index contributed by atoms with van der Waals surface area (Å²) in [4.78, 5) is 2.04. The zero-order valence-corrected chi connectivity index (χ0v) is 7.21. The molecule has 1 aliphatic rings. The highest BCUT2D eigenvalue weighted by molar-refractivity contribution is 4.65. The Kier molecular flexibility index (Phi) is 4.50. The molecule has 0 spiro atoms. The quantitative estimate of drug-likeness (QED) is 0.660. The second-order valence-electron chi connectivity index (χ2n) is 3.07. The van der Waals surface area contributed by atoms with E-state index in [-0.39, 0.29) is 0 Å². The van der Waals surface area contributed by atoms with Crippen LogP contribution in [-0.4, -0.2) is 55.6 Å². The van der Waals surface area contributed by atoms with E-state index in [1.54, 1.807) is 0 Å². The van der Waals surface area contributed by atoms with Crippen molar-refractivity contribution in [3.05, 3.63) is 0 Å². The van der Waals surface area contributed by atoms with Crippen molar-refractivity contribution in [2.75, 3.05) is 39.5 Å². The lowest BCUT2D eigenvalue weighted by Crippen LogP contribution is -2.35. The van der Waals surface area contributed by atoms with Crippen LogP contribution in [0.4, 0.5) is 4.39 Å². The van der Waals surface area contributed by atoms with Gasteiger partial charge in [0.05, 0.1) is 12.7 Å². The molecule has 72 valence electrons. The van der Waals surface area contributed by atoms with E-state index in [9.17, 15) is 4.39 Å². The van der Waals surface area contributed by atoms with Gasteiger partial charge in [-0.3, -0.25) is 4.90 Å². The fourth-order valence-electron chi connectivity index (χ4n) is 1.33. The van der Waals surface area contributed by atoms with Crippen LogP contribution in [0, 0.1) is 0 Å². The Bertz CT molecular complexity index is 116. The topological polar surface area (TPSA) is 32.7 Å². The largest absolute Gasteiger partial charge is 0.389 e. The molecule has 0 aromatic carbocycles. The number of hydrogen-bond donors (Lipinski definition) is 1. The van der Waals surface area contributed by atoms with Crippen molar-refractivity contribution in [2.24, 2.45) is 0 Å². The summed E-state index contributed by atoms with van der Waals surface area (Å²) in [7, 11) is 0. The molecule has 0 bridgehead atoms. The maximum absolute atomic E-state index is 11.9. The molecule has 1 fully saturated rings. The SMILES string of the molecule is OC(CF)CN1CCCOCC1. The van der Waals surface area contributed by atoms with E-state index >= 15 is 0 Å². The lowest BCUT2D eigenvalue weighted by atomic mass is 10.3. The summed E-state index contributed by atoms with van der Waals surface area (Å²) in [6, 6.07) is 0. The highest BCUT2D eigenvalue weighted by Gasteiger charge is 2.12. The minimum Gasteiger partial charge on any atom is -0.389 e. The molecule has 1 saturated heterocycles. The number of hydrogen-bond acceptors (Lipinski definition) is 3. The van der Waals surface area contributed by atoms with E-state index in [1.165, 1.54) is 0 Å². The Labute approximate surface area is 72.1 Å². The number of nitrogens with zero attached hydrogens (tertiary/aromatic N) is 1. The monoisotopic (exact) mass is 177 g/mol. The summed E-state index contributed by atoms with van der Waals surface area (Å²) in [5.41, 5.74) is 0. The van der Waals surface area contributed by atoms with Gasteiger partial charge in [-0.1, -0.05) is 0 Å². The summed E-state index contributed by atoms with van der Waals surface area (Å²) < 4.78 is 17.2. The number of rotatable bonds is 3. The smallest absolute Gasteiger partial charge is 0.117 e. The molecule has 1 N–H and O–H groups in total. The molecule has 0 aromatic rings. The van der Waals surface area contributed by atoms with E-state index in [4.69, 9.17) is 9.84 Å². The van der Waals surface area contributed by atoms with Crippen LogP contribution < -0.4 is 0 Å². The van der Waals surface area contributed by atoms with E-state index in [0.29, 0.717) is 13.2 Å². The minimum atomic E-state index is -0.830. The van der Waals surface area contributed by atoms with E-state index in [0.717, 1.165) is 26.1 Å². The first-order valence-electron chi connectivity index (χ1n) is 4.37. The van der Waals surface area contributed by atoms with Crippen molar-refractivity contribution in [3.63, 3.8) is 0 Å². The molecular weight excluding hydrogens is 161 g/mol. The Morgan fingerprint density at radius 1 is 1.42 bits per heavy atom. The normalized spacial score (nSPS) is 23.5. The van der Waals surface area contributed by atoms with Crippen molar-refractivity contribution < 1.29 is 14.2 Å². The van der Waals surface area contributed by atoms with Gasteiger partial charge in [0.15, 0.2) is 0 Å². The molecule has 1 unspecified atom stereocenters. The predicted molar refractivity (Wildman–Crippen MR) is 43.9 cm³/mol. The molecule has 0 saturated carbocycles. The first-order valence-corrected chi connectivity index (χ1v) is 4.37. The molecule has 0 aromatic heterocycles. The summed E-state index contributed by atoms with van der Waals surface area (Å²) in [5.74, 6) is 0. The fourth-order valence-corrected chi connectivity index (χ4v) is 1.33. The van der Waals surface area contributed by atoms with E-state index < -0.39 is 12.8 Å². The lowest BCUT2D eigenvalue weighted by molar-refractivity contribution is 0.0850. The molecule has 1 aliphatic heterocycles. The van der Waals surface area contributed by atoms with Crippen LogP contribution in [0.5, 0.6) is 0 Å². The summed E-state index contributed by atoms with van der Waals surface area (Å²) in [5, 5.41) is 9.04. The molecule has 0 aliphatic carbocycles. The van der Waals surface area contributed by atoms with Gasteiger partial charge in [-0.25, -0.2) is 4.39 Å². The van der Waals surface area contributed by atoms with Gasteiger partial charge in [0.25, 0.3) is 0 Å². The maximum atomic E-state index is 11.9. The van der Waals surface area contributed by atoms with Crippen LogP contribution in [0.15, 0.2) is 0 Å². The maximum Gasteiger partial charge on any atom is 0.117 e. The Balaban J connectivity index is 2.20. The Morgan fingerprint density at radius 2 is 2.25 bits per heavy atom. The first kappa shape index (κ1) is 9.89. The van der Waals surface area contributed by atoms with Gasteiger partial charge in [-0.2, -0.15) is 0 Å². The number of halogens is 1. The molecule has 1 rings (SSSR count). The fraction of sp³-hybridized carbons (Fsp3) is 1.00. The van der Waals surface area contributed by atoms with E-state index in [1.807, 2.05) is 4.90 Å². The number of alkyl halides is 1. The van der Waals surface area contributed by atoms with Gasteiger partial charge < -0.3 is 9.84 Å². The molecular formula is C8H16FNO2. The van der Waals surface area contributed by atoms with Crippen molar-refractivity contribution in [2.45, 2.75) is 12.5 Å². The van der Waals surface area contributed by atoms with Gasteiger partial charge in [0.1, 0.15) is 6.67 Å². The Hall–Kier alpha value is -0.190. The molecule has 0 amide bonds. The van der Waals surface area contributed by atoms with Crippen molar-refractivity contribution in [1.82, 2.24) is 4.90 Å². The molecule has 4 heteroatoms. The van der Waals surface area contributed by atoms with Crippen molar-refractivity contribution in [3.8, 4) is 0 Å². The van der Waals surface area contributed by atoms with Crippen LogP contribution in [0.2, 0.25) is 0 Å². The minimum absolute atomic E-state index is 0.430. The second-order valence-corrected chi connectivity index (χ2v) is 3.07. The summed E-state index contributed by atoms with van der Waals surface area (Å²) in [6.45, 7) is 2.95. The third kappa shape index (κ3) is 3.47. The van der Waals surface area contributed by atoms with Crippen molar-refractivity contribution in [1.29, 1.82) is 0 Å². The number of aliphatic hydroxyl groups is 1. The second kappa shape index (κ2) is 5.45. The van der Waals surface area contributed by atoms with Crippen LogP contribution >= 0.6 is 0 Å². The lowest BCUT2D eigenvalue weighted by Gasteiger charge is -2.20. The van der Waals surface area contributed by atoms with Gasteiger partial charge in [-0.15, -0.1) is 0 Å². The van der Waals surface area contributed by atoms with Crippen LogP contribution in [0.1, 0.15) is 6.42 Å². The average Bonchev–Trinajstić information content (AvgIpc) is 2.33. The van der Waals surface area contributed by atoms with Crippen LogP contribution in [0.25, 0.3) is 0 Å². The third-order valence-electron chi connectivity index (χ3n) is 1.96. The molecule has 1 atom stereocenters. The van der Waals surface area contributed by atoms with Gasteiger partial charge in [0, 0.05) is 26.2 Å². The average molecular weight is 177 g/mol. The third-order valence-corrected chi connectivity index (χ3v) is 1.96. The summed E-state index contributed by atoms with van der Waals surface area (Å²) >= 11 is 0. The number of β-amino-alcohol motifs (C(OH)–C–C–N with tert-alkyl or cyclic N) is 1. The molecule has 0 radical (unpaired) electrons. The zero-order chi connectivity index (χ0) is 8.81. The number of aliphatic hydroxyl groups excluding tert-OH is 1. The van der Waals surface area contributed by atoms with Crippen molar-refractivity contribution >= 4 is 0 Å². The molecule has 1 heterocycles. The zero-order valence-electron chi connectivity index (χ0n) is 7.21. The molecule has 12 heavy (non-hydrogen) atoms. The standard InChI is InChI=1S/C8H16FNO2/c9-6-8(11)7-10-2-1-4-12-5-3-10/h8,11H,1-7H2. The number of ether oxygens (including phenoxy) is 1. The van der Waals surface area contributed by atoms with Gasteiger partial charge in [0.2, 0.25) is 0 Å².